The zero-order valence-electron chi connectivity index (χ0n) is 11.0. The molecule has 0 rings (SSSR count). The zero-order valence-corrected chi connectivity index (χ0v) is 11.0. The van der Waals surface area contributed by atoms with Crippen LogP contribution in [0.1, 0.15) is 34.1 Å². The Morgan fingerprint density at radius 1 is 1.35 bits per heavy atom. The molecule has 0 spiro atoms. The van der Waals surface area contributed by atoms with E-state index in [1.54, 1.807) is 20.8 Å². The van der Waals surface area contributed by atoms with Crippen molar-refractivity contribution in [1.82, 2.24) is 10.6 Å². The molecular formula is C11H23N3O3. The average Bonchev–Trinajstić information content (AvgIpc) is 2.14. The molecule has 0 radical (unpaired) electrons. The molecule has 1 unspecified atom stereocenters. The third-order valence-electron chi connectivity index (χ3n) is 1.83. The van der Waals surface area contributed by atoms with Gasteiger partial charge in [-0.25, -0.2) is 4.79 Å². The number of nitrogens with one attached hydrogen (secondary N) is 2. The van der Waals surface area contributed by atoms with Gasteiger partial charge in [0.2, 0.25) is 5.91 Å². The van der Waals surface area contributed by atoms with E-state index >= 15 is 0 Å². The van der Waals surface area contributed by atoms with Crippen LogP contribution < -0.4 is 16.4 Å². The van der Waals surface area contributed by atoms with Crippen molar-refractivity contribution in [1.29, 1.82) is 0 Å². The Balaban J connectivity index is 4.04. The first-order valence-electron chi connectivity index (χ1n) is 5.75. The fourth-order valence-electron chi connectivity index (χ4n) is 1.09. The van der Waals surface area contributed by atoms with Crippen molar-refractivity contribution in [3.63, 3.8) is 0 Å². The molecule has 1 atom stereocenters. The molecule has 0 aliphatic carbocycles. The lowest BCUT2D eigenvalue weighted by Gasteiger charge is -2.21. The minimum atomic E-state index is -0.567. The summed E-state index contributed by atoms with van der Waals surface area (Å²) in [5.74, 6) is -0.491. The first-order valence-corrected chi connectivity index (χ1v) is 5.75. The van der Waals surface area contributed by atoms with Crippen LogP contribution in [0.2, 0.25) is 0 Å². The average molecular weight is 245 g/mol. The van der Waals surface area contributed by atoms with Crippen LogP contribution in [0.4, 0.5) is 4.79 Å². The summed E-state index contributed by atoms with van der Waals surface area (Å²) in [7, 11) is 0. The molecule has 0 bridgehead atoms. The molecule has 0 heterocycles. The van der Waals surface area contributed by atoms with E-state index < -0.39 is 23.6 Å². The predicted octanol–water partition coefficient (Wildman–Crippen LogP) is 0.365. The number of amides is 2. The predicted molar refractivity (Wildman–Crippen MR) is 65.5 cm³/mol. The highest BCUT2D eigenvalue weighted by Crippen LogP contribution is 2.06. The van der Waals surface area contributed by atoms with Crippen molar-refractivity contribution in [2.45, 2.75) is 45.8 Å². The monoisotopic (exact) mass is 245 g/mol. The third-order valence-corrected chi connectivity index (χ3v) is 1.83. The normalized spacial score (nSPS) is 12.9. The van der Waals surface area contributed by atoms with Gasteiger partial charge in [-0.1, -0.05) is 6.92 Å². The third kappa shape index (κ3) is 8.50. The molecule has 2 amide bonds. The Kier molecular flexibility index (Phi) is 6.57. The van der Waals surface area contributed by atoms with Gasteiger partial charge in [0.05, 0.1) is 0 Å². The standard InChI is InChI=1S/C11H23N3O3/c1-5-6-13-8(9(12)15)7-14-10(16)17-11(2,3)4/h8,13H,5-7H2,1-4H3,(H2,12,15)(H,14,16). The highest BCUT2D eigenvalue weighted by atomic mass is 16.6. The first-order chi connectivity index (χ1) is 7.76. The first kappa shape index (κ1) is 15.7. The molecule has 17 heavy (non-hydrogen) atoms. The Hall–Kier alpha value is -1.30. The minimum absolute atomic E-state index is 0.129. The summed E-state index contributed by atoms with van der Waals surface area (Å²) < 4.78 is 5.04. The van der Waals surface area contributed by atoms with Crippen molar-refractivity contribution < 1.29 is 14.3 Å². The van der Waals surface area contributed by atoms with Crippen molar-refractivity contribution in [2.24, 2.45) is 5.73 Å². The number of hydrogen-bond acceptors (Lipinski definition) is 4. The number of rotatable bonds is 6. The second kappa shape index (κ2) is 7.11. The minimum Gasteiger partial charge on any atom is -0.444 e. The number of nitrogens with two attached hydrogens (primary N) is 1. The quantitative estimate of drug-likeness (QED) is 0.630. The van der Waals surface area contributed by atoms with Crippen molar-refractivity contribution in [3.05, 3.63) is 0 Å². The summed E-state index contributed by atoms with van der Waals surface area (Å²) >= 11 is 0. The van der Waals surface area contributed by atoms with Gasteiger partial charge in [-0.2, -0.15) is 0 Å². The van der Waals surface area contributed by atoms with E-state index in [1.807, 2.05) is 6.92 Å². The molecule has 0 aliphatic heterocycles. The Labute approximate surface area is 102 Å². The topological polar surface area (TPSA) is 93.4 Å². The smallest absolute Gasteiger partial charge is 0.407 e. The van der Waals surface area contributed by atoms with E-state index in [0.29, 0.717) is 6.54 Å². The van der Waals surface area contributed by atoms with Crippen LogP contribution in [0.5, 0.6) is 0 Å². The molecule has 6 nitrogen and oxygen atoms in total. The van der Waals surface area contributed by atoms with Gasteiger partial charge in [-0.05, 0) is 33.7 Å². The highest BCUT2D eigenvalue weighted by molar-refractivity contribution is 5.81. The Bertz CT molecular complexity index is 261. The van der Waals surface area contributed by atoms with Gasteiger partial charge in [0.15, 0.2) is 0 Å². The van der Waals surface area contributed by atoms with Crippen molar-refractivity contribution >= 4 is 12.0 Å². The lowest BCUT2D eigenvalue weighted by molar-refractivity contribution is -0.119. The fourth-order valence-corrected chi connectivity index (χ4v) is 1.09. The fraction of sp³-hybridized carbons (Fsp3) is 0.818. The molecular weight excluding hydrogens is 222 g/mol. The van der Waals surface area contributed by atoms with Gasteiger partial charge < -0.3 is 21.1 Å². The van der Waals surface area contributed by atoms with E-state index in [2.05, 4.69) is 10.6 Å². The SMILES string of the molecule is CCCNC(CNC(=O)OC(C)(C)C)C(N)=O. The number of alkyl carbamates (subject to hydrolysis) is 1. The van der Waals surface area contributed by atoms with Gasteiger partial charge in [-0.15, -0.1) is 0 Å². The lowest BCUT2D eigenvalue weighted by Crippen LogP contribution is -2.49. The largest absolute Gasteiger partial charge is 0.444 e. The number of hydrogen-bond donors (Lipinski definition) is 3. The van der Waals surface area contributed by atoms with Gasteiger partial charge in [0.25, 0.3) is 0 Å². The second-order valence-electron chi connectivity index (χ2n) is 4.79. The van der Waals surface area contributed by atoms with Crippen LogP contribution in [0.3, 0.4) is 0 Å². The second-order valence-corrected chi connectivity index (χ2v) is 4.79. The number of ether oxygens (including phenoxy) is 1. The van der Waals surface area contributed by atoms with Crippen molar-refractivity contribution in [3.8, 4) is 0 Å². The maximum atomic E-state index is 11.3. The van der Waals surface area contributed by atoms with Crippen molar-refractivity contribution in [2.75, 3.05) is 13.1 Å². The highest BCUT2D eigenvalue weighted by Gasteiger charge is 2.19. The van der Waals surface area contributed by atoms with Crippen LogP contribution in [-0.2, 0) is 9.53 Å². The summed E-state index contributed by atoms with van der Waals surface area (Å²) in [5.41, 5.74) is 4.64. The number of carbonyl (C=O) groups excluding carboxylic acids is 2. The van der Waals surface area contributed by atoms with Crippen LogP contribution in [-0.4, -0.2) is 36.7 Å². The van der Waals surface area contributed by atoms with Gasteiger partial charge in [0.1, 0.15) is 11.6 Å². The molecule has 0 aromatic carbocycles. The molecule has 0 fully saturated rings. The summed E-state index contributed by atoms with van der Waals surface area (Å²) in [6.07, 6.45) is 0.331. The van der Waals surface area contributed by atoms with Gasteiger partial charge in [-0.3, -0.25) is 4.79 Å². The van der Waals surface area contributed by atoms with E-state index in [9.17, 15) is 9.59 Å². The molecule has 0 aromatic rings. The lowest BCUT2D eigenvalue weighted by atomic mass is 10.2. The van der Waals surface area contributed by atoms with Crippen LogP contribution in [0.25, 0.3) is 0 Å². The molecule has 0 aliphatic rings. The van der Waals surface area contributed by atoms with E-state index in [-0.39, 0.29) is 6.54 Å². The molecule has 0 aromatic heterocycles. The molecule has 0 saturated carbocycles. The maximum absolute atomic E-state index is 11.3. The number of primary amides is 1. The zero-order chi connectivity index (χ0) is 13.5. The van der Waals surface area contributed by atoms with E-state index in [0.717, 1.165) is 6.42 Å². The van der Waals surface area contributed by atoms with Crippen LogP contribution in [0.15, 0.2) is 0 Å². The number of carbonyl (C=O) groups is 2. The van der Waals surface area contributed by atoms with E-state index in [4.69, 9.17) is 10.5 Å². The summed E-state index contributed by atoms with van der Waals surface area (Å²) in [6.45, 7) is 8.09. The Morgan fingerprint density at radius 3 is 2.35 bits per heavy atom. The molecule has 6 heteroatoms. The summed E-state index contributed by atoms with van der Waals surface area (Å²) in [5, 5.41) is 5.45. The Morgan fingerprint density at radius 2 is 1.94 bits per heavy atom. The maximum Gasteiger partial charge on any atom is 0.407 e. The van der Waals surface area contributed by atoms with E-state index in [1.165, 1.54) is 0 Å². The summed E-state index contributed by atoms with van der Waals surface area (Å²) in [6, 6.07) is -0.567. The van der Waals surface area contributed by atoms with Gasteiger partial charge >= 0.3 is 6.09 Å². The molecule has 100 valence electrons. The molecule has 4 N–H and O–H groups in total. The van der Waals surface area contributed by atoms with Crippen LogP contribution >= 0.6 is 0 Å². The van der Waals surface area contributed by atoms with Crippen LogP contribution in [0, 0.1) is 0 Å². The molecule has 0 saturated heterocycles. The van der Waals surface area contributed by atoms with Gasteiger partial charge in [0, 0.05) is 6.54 Å². The summed E-state index contributed by atoms with van der Waals surface area (Å²) in [4.78, 5) is 22.4.